The van der Waals surface area contributed by atoms with Crippen molar-refractivity contribution in [2.24, 2.45) is 0 Å². The number of aryl methyl sites for hydroxylation is 1. The fourth-order valence-electron chi connectivity index (χ4n) is 1.63. The Hall–Kier alpha value is -2.23. The second-order valence-electron chi connectivity index (χ2n) is 4.04. The van der Waals surface area contributed by atoms with Crippen LogP contribution in [0.3, 0.4) is 0 Å². The topological polar surface area (TPSA) is 42.0 Å². The van der Waals surface area contributed by atoms with Gasteiger partial charge in [-0.1, -0.05) is 12.1 Å². The van der Waals surface area contributed by atoms with Crippen LogP contribution in [0.1, 0.15) is 21.5 Å². The van der Waals surface area contributed by atoms with Crippen molar-refractivity contribution >= 4 is 11.6 Å². The molecule has 1 heterocycles. The normalized spacial score (nSPS) is 10.2. The Morgan fingerprint density at radius 1 is 1.22 bits per heavy atom. The second kappa shape index (κ2) is 4.96. The van der Waals surface area contributed by atoms with E-state index in [9.17, 15) is 9.18 Å². The van der Waals surface area contributed by atoms with E-state index in [2.05, 4.69) is 10.3 Å². The molecule has 0 aliphatic rings. The molecular weight excluding hydrogens is 231 g/mol. The number of aromatic nitrogens is 1. The highest BCUT2D eigenvalue weighted by Crippen LogP contribution is 2.19. The lowest BCUT2D eigenvalue weighted by molar-refractivity contribution is 0.102. The Bertz CT molecular complexity index is 596. The molecule has 0 atom stereocenters. The van der Waals surface area contributed by atoms with Gasteiger partial charge < -0.3 is 5.32 Å². The molecule has 0 unspecified atom stereocenters. The van der Waals surface area contributed by atoms with Crippen molar-refractivity contribution in [3.05, 3.63) is 59.2 Å². The van der Waals surface area contributed by atoms with E-state index in [4.69, 9.17) is 0 Å². The summed E-state index contributed by atoms with van der Waals surface area (Å²) in [5, 5.41) is 2.69. The Morgan fingerprint density at radius 2 is 2.00 bits per heavy atom. The quantitative estimate of drug-likeness (QED) is 0.825. The second-order valence-corrected chi connectivity index (χ2v) is 4.04. The summed E-state index contributed by atoms with van der Waals surface area (Å²) in [5.41, 5.74) is 2.66. The Morgan fingerprint density at radius 3 is 2.72 bits per heavy atom. The number of carbonyl (C=O) groups is 1. The molecule has 0 aliphatic carbocycles. The minimum atomic E-state index is -0.764. The highest BCUT2D eigenvalue weighted by atomic mass is 19.1. The molecule has 1 aromatic heterocycles. The molecule has 1 amide bonds. The van der Waals surface area contributed by atoms with E-state index >= 15 is 0 Å². The van der Waals surface area contributed by atoms with E-state index in [1.54, 1.807) is 6.07 Å². The number of rotatable bonds is 2. The van der Waals surface area contributed by atoms with Crippen molar-refractivity contribution in [3.63, 3.8) is 0 Å². The molecule has 1 N–H and O–H groups in total. The monoisotopic (exact) mass is 244 g/mol. The first-order valence-corrected chi connectivity index (χ1v) is 5.57. The van der Waals surface area contributed by atoms with Gasteiger partial charge in [0.05, 0.1) is 5.56 Å². The van der Waals surface area contributed by atoms with Crippen LogP contribution in [-0.2, 0) is 0 Å². The van der Waals surface area contributed by atoms with Crippen molar-refractivity contribution < 1.29 is 9.18 Å². The number of amides is 1. The van der Waals surface area contributed by atoms with E-state index in [1.807, 2.05) is 26.0 Å². The molecule has 0 aliphatic heterocycles. The first kappa shape index (κ1) is 12.2. The fraction of sp³-hybridized carbons (Fsp3) is 0.143. The maximum Gasteiger partial charge on any atom is 0.260 e. The summed E-state index contributed by atoms with van der Waals surface area (Å²) < 4.78 is 13.4. The van der Waals surface area contributed by atoms with E-state index in [1.165, 1.54) is 18.3 Å². The molecule has 0 saturated carbocycles. The van der Waals surface area contributed by atoms with Gasteiger partial charge in [-0.15, -0.1) is 0 Å². The van der Waals surface area contributed by atoms with Crippen LogP contribution in [0, 0.1) is 19.8 Å². The van der Waals surface area contributed by atoms with Gasteiger partial charge in [-0.25, -0.2) is 4.98 Å². The van der Waals surface area contributed by atoms with Crippen LogP contribution in [-0.4, -0.2) is 10.9 Å². The van der Waals surface area contributed by atoms with Gasteiger partial charge >= 0.3 is 0 Å². The van der Waals surface area contributed by atoms with Crippen molar-refractivity contribution in [1.82, 2.24) is 4.98 Å². The van der Waals surface area contributed by atoms with Crippen LogP contribution >= 0.6 is 0 Å². The molecule has 3 nitrogen and oxygen atoms in total. The zero-order valence-electron chi connectivity index (χ0n) is 10.2. The SMILES string of the molecule is Cc1cccc(NC(=O)c2cccnc2F)c1C. The van der Waals surface area contributed by atoms with Gasteiger partial charge in [0.1, 0.15) is 0 Å². The number of carbonyl (C=O) groups excluding carboxylic acids is 1. The van der Waals surface area contributed by atoms with Crippen molar-refractivity contribution in [1.29, 1.82) is 0 Å². The number of nitrogens with one attached hydrogen (secondary N) is 1. The molecule has 0 saturated heterocycles. The van der Waals surface area contributed by atoms with Crippen LogP contribution in [0.4, 0.5) is 10.1 Å². The number of nitrogens with zero attached hydrogens (tertiary/aromatic N) is 1. The third-order valence-electron chi connectivity index (χ3n) is 2.86. The molecule has 1 aromatic carbocycles. The van der Waals surface area contributed by atoms with Gasteiger partial charge in [-0.3, -0.25) is 4.79 Å². The van der Waals surface area contributed by atoms with E-state index in [0.717, 1.165) is 11.1 Å². The first-order valence-electron chi connectivity index (χ1n) is 5.57. The lowest BCUT2D eigenvalue weighted by atomic mass is 10.1. The summed E-state index contributed by atoms with van der Waals surface area (Å²) in [6, 6.07) is 8.52. The number of halogens is 1. The number of hydrogen-bond acceptors (Lipinski definition) is 2. The average Bonchev–Trinajstić information content (AvgIpc) is 2.35. The molecule has 4 heteroatoms. The predicted octanol–water partition coefficient (Wildman–Crippen LogP) is 3.09. The van der Waals surface area contributed by atoms with Gasteiger partial charge in [0.2, 0.25) is 5.95 Å². The third kappa shape index (κ3) is 2.37. The van der Waals surface area contributed by atoms with Crippen molar-refractivity contribution in [2.45, 2.75) is 13.8 Å². The van der Waals surface area contributed by atoms with Gasteiger partial charge in [0.15, 0.2) is 0 Å². The molecule has 0 radical (unpaired) electrons. The molecule has 18 heavy (non-hydrogen) atoms. The van der Waals surface area contributed by atoms with E-state index in [-0.39, 0.29) is 5.56 Å². The van der Waals surface area contributed by atoms with E-state index in [0.29, 0.717) is 5.69 Å². The zero-order valence-corrected chi connectivity index (χ0v) is 10.2. The van der Waals surface area contributed by atoms with Crippen LogP contribution in [0.2, 0.25) is 0 Å². The molecule has 2 aromatic rings. The Kier molecular flexibility index (Phi) is 3.37. The van der Waals surface area contributed by atoms with Crippen molar-refractivity contribution in [3.8, 4) is 0 Å². The smallest absolute Gasteiger partial charge is 0.260 e. The highest BCUT2D eigenvalue weighted by molar-refractivity contribution is 6.04. The van der Waals surface area contributed by atoms with Crippen LogP contribution < -0.4 is 5.32 Å². The highest BCUT2D eigenvalue weighted by Gasteiger charge is 2.13. The van der Waals surface area contributed by atoms with Crippen LogP contribution in [0.5, 0.6) is 0 Å². The van der Waals surface area contributed by atoms with Gasteiger partial charge in [0.25, 0.3) is 5.91 Å². The van der Waals surface area contributed by atoms with Crippen molar-refractivity contribution in [2.75, 3.05) is 5.32 Å². The number of benzene rings is 1. The first-order chi connectivity index (χ1) is 8.59. The third-order valence-corrected chi connectivity index (χ3v) is 2.86. The van der Waals surface area contributed by atoms with Gasteiger partial charge in [0, 0.05) is 11.9 Å². The molecule has 2 rings (SSSR count). The molecule has 92 valence electrons. The molecule has 0 fully saturated rings. The van der Waals surface area contributed by atoms with E-state index < -0.39 is 11.9 Å². The summed E-state index contributed by atoms with van der Waals surface area (Å²) in [7, 11) is 0. The summed E-state index contributed by atoms with van der Waals surface area (Å²) in [6.07, 6.45) is 1.31. The van der Waals surface area contributed by atoms with Gasteiger partial charge in [-0.05, 0) is 43.2 Å². The zero-order chi connectivity index (χ0) is 13.1. The maximum atomic E-state index is 13.4. The Labute approximate surface area is 105 Å². The number of anilines is 1. The van der Waals surface area contributed by atoms with Crippen LogP contribution in [0.15, 0.2) is 36.5 Å². The molecule has 0 spiro atoms. The lowest BCUT2D eigenvalue weighted by Gasteiger charge is -2.10. The number of hydrogen-bond donors (Lipinski definition) is 1. The predicted molar refractivity (Wildman–Crippen MR) is 68.1 cm³/mol. The standard InChI is InChI=1S/C14H13FN2O/c1-9-5-3-7-12(10(9)2)17-14(18)11-6-4-8-16-13(11)15/h3-8H,1-2H3,(H,17,18). The summed E-state index contributed by atoms with van der Waals surface area (Å²) >= 11 is 0. The largest absolute Gasteiger partial charge is 0.322 e. The minimum absolute atomic E-state index is 0.0570. The van der Waals surface area contributed by atoms with Gasteiger partial charge in [-0.2, -0.15) is 4.39 Å². The van der Waals surface area contributed by atoms with Crippen LogP contribution in [0.25, 0.3) is 0 Å². The Balaban J connectivity index is 2.27. The number of pyridine rings is 1. The molecule has 0 bridgehead atoms. The maximum absolute atomic E-state index is 13.4. The minimum Gasteiger partial charge on any atom is -0.322 e. The fourth-order valence-corrected chi connectivity index (χ4v) is 1.63. The summed E-state index contributed by atoms with van der Waals surface area (Å²) in [5.74, 6) is -1.25. The molecular formula is C14H13FN2O. The average molecular weight is 244 g/mol. The summed E-state index contributed by atoms with van der Waals surface area (Å²) in [4.78, 5) is 15.4. The lowest BCUT2D eigenvalue weighted by Crippen LogP contribution is -2.15. The summed E-state index contributed by atoms with van der Waals surface area (Å²) in [6.45, 7) is 3.86.